The maximum atomic E-state index is 11.8. The van der Waals surface area contributed by atoms with Crippen molar-refractivity contribution in [2.45, 2.75) is 6.92 Å². The lowest BCUT2D eigenvalue weighted by atomic mass is 10.2. The van der Waals surface area contributed by atoms with Crippen LogP contribution < -0.4 is 4.74 Å². The highest BCUT2D eigenvalue weighted by Crippen LogP contribution is 2.21. The second-order valence-electron chi connectivity index (χ2n) is 4.36. The molecule has 0 unspecified atom stereocenters. The van der Waals surface area contributed by atoms with E-state index in [0.717, 1.165) is 16.3 Å². The zero-order valence-corrected chi connectivity index (χ0v) is 12.3. The summed E-state index contributed by atoms with van der Waals surface area (Å²) in [5.74, 6) is 0.560. The fourth-order valence-corrected chi connectivity index (χ4v) is 2.42. The van der Waals surface area contributed by atoms with Crippen LogP contribution in [0.2, 0.25) is 0 Å². The summed E-state index contributed by atoms with van der Waals surface area (Å²) in [6.07, 6.45) is 1.63. The van der Waals surface area contributed by atoms with Crippen LogP contribution in [0.1, 0.15) is 16.3 Å². The Balaban J connectivity index is 1.89. The monoisotopic (exact) mass is 300 g/mol. The molecular formula is C15H12N2O3S. The van der Waals surface area contributed by atoms with Crippen LogP contribution in [-0.4, -0.2) is 24.0 Å². The number of hydrogen-bond donors (Lipinski definition) is 0. The normalized spacial score (nSPS) is 16.0. The Bertz CT molecular complexity index is 745. The molecule has 3 rings (SSSR count). The molecule has 0 radical (unpaired) electrons. The smallest absolute Gasteiger partial charge is 0.363 e. The van der Waals surface area contributed by atoms with Gasteiger partial charge in [0.15, 0.2) is 5.70 Å². The number of methoxy groups -OCH3 is 1. The molecule has 1 aliphatic rings. The summed E-state index contributed by atoms with van der Waals surface area (Å²) < 4.78 is 10.3. The van der Waals surface area contributed by atoms with E-state index in [9.17, 15) is 4.79 Å². The van der Waals surface area contributed by atoms with Crippen LogP contribution in [-0.2, 0) is 9.53 Å². The Morgan fingerprint density at radius 3 is 2.67 bits per heavy atom. The number of aliphatic imine (C=N–C) groups is 1. The van der Waals surface area contributed by atoms with Gasteiger partial charge in [-0.1, -0.05) is 0 Å². The van der Waals surface area contributed by atoms with Gasteiger partial charge in [0.1, 0.15) is 5.75 Å². The molecule has 21 heavy (non-hydrogen) atoms. The highest BCUT2D eigenvalue weighted by Gasteiger charge is 2.24. The second-order valence-corrected chi connectivity index (χ2v) is 5.42. The summed E-state index contributed by atoms with van der Waals surface area (Å²) in [5.41, 5.74) is 1.69. The van der Waals surface area contributed by atoms with Crippen molar-refractivity contribution in [2.75, 3.05) is 7.11 Å². The zero-order valence-electron chi connectivity index (χ0n) is 11.5. The predicted molar refractivity (Wildman–Crippen MR) is 80.5 cm³/mol. The zero-order chi connectivity index (χ0) is 14.8. The Morgan fingerprint density at radius 1 is 1.29 bits per heavy atom. The van der Waals surface area contributed by atoms with Crippen LogP contribution in [0.15, 0.2) is 40.3 Å². The fraction of sp³-hybridized carbons (Fsp3) is 0.133. The Morgan fingerprint density at radius 2 is 2.05 bits per heavy atom. The second kappa shape index (κ2) is 5.49. The summed E-state index contributed by atoms with van der Waals surface area (Å²) in [4.78, 5) is 20.3. The van der Waals surface area contributed by atoms with E-state index in [1.54, 1.807) is 37.5 Å². The van der Waals surface area contributed by atoms with Crippen LogP contribution in [0.3, 0.4) is 0 Å². The van der Waals surface area contributed by atoms with Gasteiger partial charge in [-0.25, -0.2) is 14.8 Å². The van der Waals surface area contributed by atoms with Gasteiger partial charge in [0.2, 0.25) is 5.90 Å². The molecule has 1 aromatic heterocycles. The summed E-state index contributed by atoms with van der Waals surface area (Å²) in [5, 5.41) is 2.81. The van der Waals surface area contributed by atoms with Crippen molar-refractivity contribution >= 4 is 29.3 Å². The number of thiazole rings is 1. The lowest BCUT2D eigenvalue weighted by molar-refractivity contribution is -0.129. The van der Waals surface area contributed by atoms with Crippen LogP contribution in [0.25, 0.3) is 6.08 Å². The van der Waals surface area contributed by atoms with Crippen molar-refractivity contribution in [2.24, 2.45) is 4.99 Å². The summed E-state index contributed by atoms with van der Waals surface area (Å²) >= 11 is 1.52. The van der Waals surface area contributed by atoms with Gasteiger partial charge in [0.25, 0.3) is 0 Å². The molecule has 0 saturated heterocycles. The number of carbonyl (C=O) groups excluding carboxylic acids is 1. The van der Waals surface area contributed by atoms with Gasteiger partial charge >= 0.3 is 5.97 Å². The number of nitrogens with zero attached hydrogens (tertiary/aromatic N) is 2. The molecule has 6 heteroatoms. The molecule has 106 valence electrons. The quantitative estimate of drug-likeness (QED) is 0.646. The summed E-state index contributed by atoms with van der Waals surface area (Å²) in [6.45, 7) is 1.91. The number of cyclic esters (lactones) is 1. The number of benzene rings is 1. The number of aryl methyl sites for hydroxylation is 1. The van der Waals surface area contributed by atoms with Crippen LogP contribution in [0, 0.1) is 6.92 Å². The van der Waals surface area contributed by atoms with Gasteiger partial charge < -0.3 is 9.47 Å². The van der Waals surface area contributed by atoms with E-state index in [4.69, 9.17) is 9.47 Å². The van der Waals surface area contributed by atoms with E-state index in [0.29, 0.717) is 11.6 Å². The molecule has 0 aliphatic carbocycles. The first-order valence-corrected chi connectivity index (χ1v) is 7.13. The molecule has 0 spiro atoms. The minimum Gasteiger partial charge on any atom is -0.497 e. The van der Waals surface area contributed by atoms with Gasteiger partial charge in [0.05, 0.1) is 17.8 Å². The molecule has 0 amide bonds. The molecule has 1 aliphatic heterocycles. The van der Waals surface area contributed by atoms with Crippen molar-refractivity contribution < 1.29 is 14.3 Å². The SMILES string of the molecule is COc1ccc(C2=N/C(=C\c3csc(C)n3)C(=O)O2)cc1. The highest BCUT2D eigenvalue weighted by molar-refractivity contribution is 7.09. The lowest BCUT2D eigenvalue weighted by Crippen LogP contribution is -2.05. The van der Waals surface area contributed by atoms with Gasteiger partial charge in [-0.2, -0.15) is 0 Å². The van der Waals surface area contributed by atoms with Crippen molar-refractivity contribution in [1.82, 2.24) is 4.98 Å². The van der Waals surface area contributed by atoms with Crippen molar-refractivity contribution in [3.8, 4) is 5.75 Å². The van der Waals surface area contributed by atoms with Crippen LogP contribution >= 0.6 is 11.3 Å². The van der Waals surface area contributed by atoms with Gasteiger partial charge in [-0.15, -0.1) is 11.3 Å². The van der Waals surface area contributed by atoms with Crippen molar-refractivity contribution in [1.29, 1.82) is 0 Å². The van der Waals surface area contributed by atoms with Crippen molar-refractivity contribution in [3.63, 3.8) is 0 Å². The summed E-state index contributed by atoms with van der Waals surface area (Å²) in [7, 11) is 1.60. The molecule has 2 aromatic rings. The molecule has 2 heterocycles. The van der Waals surface area contributed by atoms with Crippen LogP contribution in [0.4, 0.5) is 0 Å². The Labute approximate surface area is 125 Å². The maximum Gasteiger partial charge on any atom is 0.363 e. The average Bonchev–Trinajstić information content (AvgIpc) is 3.06. The highest BCUT2D eigenvalue weighted by atomic mass is 32.1. The molecular weight excluding hydrogens is 288 g/mol. The lowest BCUT2D eigenvalue weighted by Gasteiger charge is -2.01. The van der Waals surface area contributed by atoms with E-state index in [1.165, 1.54) is 11.3 Å². The van der Waals surface area contributed by atoms with E-state index in [1.807, 2.05) is 12.3 Å². The van der Waals surface area contributed by atoms with Gasteiger partial charge in [-0.3, -0.25) is 0 Å². The molecule has 0 fully saturated rings. The summed E-state index contributed by atoms with van der Waals surface area (Å²) in [6, 6.07) is 7.16. The van der Waals surface area contributed by atoms with E-state index >= 15 is 0 Å². The van der Waals surface area contributed by atoms with Crippen molar-refractivity contribution in [3.05, 3.63) is 51.6 Å². The number of ether oxygens (including phenoxy) is 2. The van der Waals surface area contributed by atoms with Crippen LogP contribution in [0.5, 0.6) is 5.75 Å². The number of rotatable bonds is 3. The Hall–Kier alpha value is -2.47. The van der Waals surface area contributed by atoms with E-state index in [2.05, 4.69) is 9.98 Å². The number of esters is 1. The molecule has 5 nitrogen and oxygen atoms in total. The molecule has 0 N–H and O–H groups in total. The molecule has 0 atom stereocenters. The average molecular weight is 300 g/mol. The number of aromatic nitrogens is 1. The molecule has 0 saturated carbocycles. The first kappa shape index (κ1) is 13.5. The molecule has 1 aromatic carbocycles. The minimum atomic E-state index is -0.466. The third-order valence-corrected chi connectivity index (χ3v) is 3.67. The third kappa shape index (κ3) is 2.85. The number of carbonyl (C=O) groups is 1. The largest absolute Gasteiger partial charge is 0.497 e. The van der Waals surface area contributed by atoms with Gasteiger partial charge in [0, 0.05) is 10.9 Å². The Kier molecular flexibility index (Phi) is 3.53. The first-order chi connectivity index (χ1) is 10.2. The van der Waals surface area contributed by atoms with Gasteiger partial charge in [-0.05, 0) is 37.3 Å². The maximum absolute atomic E-state index is 11.8. The molecule has 0 bridgehead atoms. The topological polar surface area (TPSA) is 60.8 Å². The fourth-order valence-electron chi connectivity index (χ4n) is 1.85. The predicted octanol–water partition coefficient (Wildman–Crippen LogP) is 2.80. The number of hydrogen-bond acceptors (Lipinski definition) is 6. The minimum absolute atomic E-state index is 0.256. The third-order valence-electron chi connectivity index (χ3n) is 2.88. The standard InChI is InChI=1S/C15H12N2O3S/c1-9-16-11(8-21-9)7-13-15(18)20-14(17-13)10-3-5-12(19-2)6-4-10/h3-8H,1-2H3/b13-7-. The first-order valence-electron chi connectivity index (χ1n) is 6.25. The van der Waals surface area contributed by atoms with E-state index in [-0.39, 0.29) is 5.70 Å². The van der Waals surface area contributed by atoms with E-state index < -0.39 is 5.97 Å².